The standard InChI is InChI=1S/C13H19FN2O3S/c1-9-3-5-11(19-9)8-15-10-4-6-12(14)13(7-10)16-20(2,17)18/h4,6-7,9,11,15-16H,3,5,8H2,1-2H3. The number of nitrogens with one attached hydrogen (secondary N) is 2. The molecule has 2 N–H and O–H groups in total. The number of hydrogen-bond donors (Lipinski definition) is 2. The zero-order chi connectivity index (χ0) is 14.8. The molecule has 1 aliphatic heterocycles. The van der Waals surface area contributed by atoms with Gasteiger partial charge in [0.25, 0.3) is 0 Å². The molecule has 1 heterocycles. The lowest BCUT2D eigenvalue weighted by Gasteiger charge is -2.14. The number of benzene rings is 1. The van der Waals surface area contributed by atoms with Crippen molar-refractivity contribution in [1.29, 1.82) is 0 Å². The monoisotopic (exact) mass is 302 g/mol. The van der Waals surface area contributed by atoms with Crippen LogP contribution in [0.1, 0.15) is 19.8 Å². The highest BCUT2D eigenvalue weighted by molar-refractivity contribution is 7.92. The van der Waals surface area contributed by atoms with Crippen LogP contribution in [-0.4, -0.2) is 33.4 Å². The fourth-order valence-electron chi connectivity index (χ4n) is 2.18. The van der Waals surface area contributed by atoms with Gasteiger partial charge in [-0.25, -0.2) is 12.8 Å². The average Bonchev–Trinajstić information content (AvgIpc) is 2.74. The van der Waals surface area contributed by atoms with Gasteiger partial charge >= 0.3 is 0 Å². The Morgan fingerprint density at radius 3 is 2.75 bits per heavy atom. The Kier molecular flexibility index (Phi) is 4.49. The molecule has 0 bridgehead atoms. The zero-order valence-electron chi connectivity index (χ0n) is 11.5. The Bertz CT molecular complexity index is 577. The minimum Gasteiger partial charge on any atom is -0.382 e. The van der Waals surface area contributed by atoms with Crippen LogP contribution in [0.25, 0.3) is 0 Å². The third-order valence-corrected chi connectivity index (χ3v) is 3.71. The Morgan fingerprint density at radius 1 is 1.40 bits per heavy atom. The molecule has 0 saturated carbocycles. The normalized spacial score (nSPS) is 22.8. The van der Waals surface area contributed by atoms with Gasteiger partial charge in [-0.05, 0) is 38.0 Å². The number of anilines is 2. The molecule has 1 fully saturated rings. The number of halogens is 1. The van der Waals surface area contributed by atoms with Crippen LogP contribution in [0.5, 0.6) is 0 Å². The number of rotatable bonds is 5. The van der Waals surface area contributed by atoms with Gasteiger partial charge in [-0.2, -0.15) is 0 Å². The molecule has 0 spiro atoms. The fraction of sp³-hybridized carbons (Fsp3) is 0.538. The van der Waals surface area contributed by atoms with E-state index in [1.54, 1.807) is 6.07 Å². The first kappa shape index (κ1) is 15.1. The van der Waals surface area contributed by atoms with Crippen molar-refractivity contribution >= 4 is 21.4 Å². The summed E-state index contributed by atoms with van der Waals surface area (Å²) in [7, 11) is -3.50. The maximum Gasteiger partial charge on any atom is 0.229 e. The van der Waals surface area contributed by atoms with E-state index < -0.39 is 15.8 Å². The van der Waals surface area contributed by atoms with E-state index in [9.17, 15) is 12.8 Å². The van der Waals surface area contributed by atoms with E-state index in [4.69, 9.17) is 4.74 Å². The van der Waals surface area contributed by atoms with E-state index in [0.717, 1.165) is 19.1 Å². The average molecular weight is 302 g/mol. The lowest BCUT2D eigenvalue weighted by Crippen LogP contribution is -2.20. The summed E-state index contributed by atoms with van der Waals surface area (Å²) in [4.78, 5) is 0. The second-order valence-electron chi connectivity index (χ2n) is 5.10. The molecule has 0 amide bonds. The molecule has 5 nitrogen and oxygen atoms in total. The van der Waals surface area contributed by atoms with E-state index in [2.05, 4.69) is 10.0 Å². The molecule has 1 aromatic rings. The summed E-state index contributed by atoms with van der Waals surface area (Å²) >= 11 is 0. The van der Waals surface area contributed by atoms with Crippen LogP contribution in [-0.2, 0) is 14.8 Å². The Labute approximate surface area is 118 Å². The van der Waals surface area contributed by atoms with E-state index in [1.807, 2.05) is 6.92 Å². The topological polar surface area (TPSA) is 67.4 Å². The van der Waals surface area contributed by atoms with Crippen molar-refractivity contribution in [2.24, 2.45) is 0 Å². The van der Waals surface area contributed by atoms with Crippen molar-refractivity contribution in [2.75, 3.05) is 22.8 Å². The summed E-state index contributed by atoms with van der Waals surface area (Å²) in [6.07, 6.45) is 3.43. The predicted molar refractivity (Wildman–Crippen MR) is 76.9 cm³/mol. The summed E-state index contributed by atoms with van der Waals surface area (Å²) in [6.45, 7) is 2.65. The SMILES string of the molecule is CC1CCC(CNc2ccc(F)c(NS(C)(=O)=O)c2)O1. The highest BCUT2D eigenvalue weighted by atomic mass is 32.2. The third kappa shape index (κ3) is 4.35. The van der Waals surface area contributed by atoms with Gasteiger partial charge in [0.15, 0.2) is 0 Å². The van der Waals surface area contributed by atoms with Crippen LogP contribution in [0.3, 0.4) is 0 Å². The highest BCUT2D eigenvalue weighted by Gasteiger charge is 2.21. The van der Waals surface area contributed by atoms with Crippen LogP contribution in [0, 0.1) is 5.82 Å². The van der Waals surface area contributed by atoms with E-state index in [1.165, 1.54) is 12.1 Å². The molecule has 112 valence electrons. The van der Waals surface area contributed by atoms with E-state index in [0.29, 0.717) is 12.2 Å². The van der Waals surface area contributed by atoms with Crippen molar-refractivity contribution in [2.45, 2.75) is 32.0 Å². The van der Waals surface area contributed by atoms with Gasteiger partial charge in [0, 0.05) is 12.2 Å². The van der Waals surface area contributed by atoms with Crippen molar-refractivity contribution in [3.63, 3.8) is 0 Å². The Balaban J connectivity index is 2.00. The molecule has 2 rings (SSSR count). The van der Waals surface area contributed by atoms with E-state index >= 15 is 0 Å². The smallest absolute Gasteiger partial charge is 0.229 e. The van der Waals surface area contributed by atoms with Gasteiger partial charge in [0.1, 0.15) is 5.82 Å². The van der Waals surface area contributed by atoms with Gasteiger partial charge in [0.05, 0.1) is 24.2 Å². The lowest BCUT2D eigenvalue weighted by molar-refractivity contribution is 0.0637. The van der Waals surface area contributed by atoms with Crippen LogP contribution in [0.15, 0.2) is 18.2 Å². The van der Waals surface area contributed by atoms with Gasteiger partial charge in [-0.3, -0.25) is 4.72 Å². The molecular formula is C13H19FN2O3S. The minimum absolute atomic E-state index is 0.0572. The molecule has 7 heteroatoms. The van der Waals surface area contributed by atoms with Gasteiger partial charge in [0.2, 0.25) is 10.0 Å². The molecule has 0 aliphatic carbocycles. The minimum atomic E-state index is -3.50. The molecule has 1 saturated heterocycles. The summed E-state index contributed by atoms with van der Waals surface area (Å²) in [6, 6.07) is 4.24. The first-order valence-electron chi connectivity index (χ1n) is 6.50. The summed E-state index contributed by atoms with van der Waals surface area (Å²) in [5, 5.41) is 3.13. The molecule has 2 atom stereocenters. The Hall–Kier alpha value is -1.34. The van der Waals surface area contributed by atoms with Crippen LogP contribution in [0.2, 0.25) is 0 Å². The first-order valence-corrected chi connectivity index (χ1v) is 8.39. The van der Waals surface area contributed by atoms with Crippen molar-refractivity contribution in [3.05, 3.63) is 24.0 Å². The van der Waals surface area contributed by atoms with Gasteiger partial charge in [-0.1, -0.05) is 0 Å². The summed E-state index contributed by atoms with van der Waals surface area (Å²) in [5.41, 5.74) is 0.596. The number of sulfonamides is 1. The Morgan fingerprint density at radius 2 is 2.15 bits per heavy atom. The summed E-state index contributed by atoms with van der Waals surface area (Å²) in [5.74, 6) is -0.605. The summed E-state index contributed by atoms with van der Waals surface area (Å²) < 4.78 is 43.6. The molecule has 0 radical (unpaired) electrons. The third-order valence-electron chi connectivity index (χ3n) is 3.12. The predicted octanol–water partition coefficient (Wildman–Crippen LogP) is 2.18. The molecule has 2 unspecified atom stereocenters. The van der Waals surface area contributed by atoms with Gasteiger partial charge < -0.3 is 10.1 Å². The maximum atomic E-state index is 13.5. The van der Waals surface area contributed by atoms with E-state index in [-0.39, 0.29) is 17.9 Å². The van der Waals surface area contributed by atoms with Crippen LogP contribution >= 0.6 is 0 Å². The van der Waals surface area contributed by atoms with Crippen LogP contribution < -0.4 is 10.0 Å². The van der Waals surface area contributed by atoms with Crippen molar-refractivity contribution < 1.29 is 17.5 Å². The zero-order valence-corrected chi connectivity index (χ0v) is 12.3. The quantitative estimate of drug-likeness (QED) is 0.875. The molecule has 20 heavy (non-hydrogen) atoms. The van der Waals surface area contributed by atoms with Crippen molar-refractivity contribution in [1.82, 2.24) is 0 Å². The number of hydrogen-bond acceptors (Lipinski definition) is 4. The molecule has 1 aromatic carbocycles. The highest BCUT2D eigenvalue weighted by Crippen LogP contribution is 2.23. The largest absolute Gasteiger partial charge is 0.382 e. The molecule has 0 aromatic heterocycles. The molecule has 1 aliphatic rings. The van der Waals surface area contributed by atoms with Gasteiger partial charge in [-0.15, -0.1) is 0 Å². The second kappa shape index (κ2) is 5.97. The maximum absolute atomic E-state index is 13.5. The van der Waals surface area contributed by atoms with Crippen molar-refractivity contribution in [3.8, 4) is 0 Å². The first-order chi connectivity index (χ1) is 9.33. The number of ether oxygens (including phenoxy) is 1. The van der Waals surface area contributed by atoms with Crippen LogP contribution in [0.4, 0.5) is 15.8 Å². The fourth-order valence-corrected chi connectivity index (χ4v) is 2.74. The lowest BCUT2D eigenvalue weighted by atomic mass is 10.2. The second-order valence-corrected chi connectivity index (χ2v) is 6.84. The molecular weight excluding hydrogens is 283 g/mol.